The number of halogens is 1. The molecule has 0 saturated carbocycles. The van der Waals surface area contributed by atoms with Crippen LogP contribution in [0.25, 0.3) is 0 Å². The molecule has 0 aromatic carbocycles. The fourth-order valence-electron chi connectivity index (χ4n) is 1.21. The van der Waals surface area contributed by atoms with Crippen molar-refractivity contribution in [3.05, 3.63) is 28.9 Å². The molecule has 0 amide bonds. The van der Waals surface area contributed by atoms with E-state index in [1.165, 1.54) is 23.5 Å². The number of anilines is 1. The van der Waals surface area contributed by atoms with Gasteiger partial charge in [0.1, 0.15) is 15.9 Å². The van der Waals surface area contributed by atoms with Gasteiger partial charge >= 0.3 is 0 Å². The van der Waals surface area contributed by atoms with Crippen LogP contribution in [0.1, 0.15) is 0 Å². The molecule has 1 N–H and O–H groups in total. The lowest BCUT2D eigenvalue weighted by atomic mass is 10.5. The lowest BCUT2D eigenvalue weighted by molar-refractivity contribution is 0.895. The van der Waals surface area contributed by atoms with E-state index >= 15 is 0 Å². The van der Waals surface area contributed by atoms with Crippen LogP contribution in [0, 0.1) is 0 Å². The Balaban J connectivity index is 2.25. The van der Waals surface area contributed by atoms with Gasteiger partial charge in [0.05, 0.1) is 0 Å². The van der Waals surface area contributed by atoms with Gasteiger partial charge < -0.3 is 5.32 Å². The first-order valence-corrected chi connectivity index (χ1v) is 7.95. The van der Waals surface area contributed by atoms with Crippen molar-refractivity contribution >= 4 is 45.3 Å². The van der Waals surface area contributed by atoms with E-state index in [4.69, 9.17) is 0 Å². The lowest BCUT2D eigenvalue weighted by Crippen LogP contribution is -1.96. The molecule has 2 aromatic heterocycles. The molecule has 0 radical (unpaired) electrons. The fraction of sp³-hybridized carbons (Fsp3) is 0.182. The van der Waals surface area contributed by atoms with Crippen LogP contribution in [0.5, 0.6) is 0 Å². The van der Waals surface area contributed by atoms with Crippen LogP contribution < -0.4 is 5.32 Å². The van der Waals surface area contributed by atoms with Crippen LogP contribution in [0.4, 0.5) is 5.82 Å². The highest BCUT2D eigenvalue weighted by Gasteiger charge is 2.05. The predicted octanol–water partition coefficient (Wildman–Crippen LogP) is 3.55. The van der Waals surface area contributed by atoms with Crippen molar-refractivity contribution in [1.82, 2.24) is 15.0 Å². The van der Waals surface area contributed by atoms with Gasteiger partial charge in [-0.3, -0.25) is 0 Å². The minimum Gasteiger partial charge on any atom is -0.373 e. The zero-order chi connectivity index (χ0) is 13.0. The van der Waals surface area contributed by atoms with Crippen molar-refractivity contribution in [2.75, 3.05) is 18.6 Å². The molecule has 94 valence electrons. The second-order valence-corrected chi connectivity index (χ2v) is 5.97. The summed E-state index contributed by atoms with van der Waals surface area (Å²) >= 11 is 6.41. The van der Waals surface area contributed by atoms with Gasteiger partial charge in [-0.05, 0) is 46.1 Å². The molecule has 0 saturated heterocycles. The molecular weight excluding hydrogens is 332 g/mol. The lowest BCUT2D eigenvalue weighted by Gasteiger charge is -2.05. The molecule has 0 atom stereocenters. The Hall–Kier alpha value is -0.790. The van der Waals surface area contributed by atoms with Crippen molar-refractivity contribution in [2.45, 2.75) is 15.2 Å². The summed E-state index contributed by atoms with van der Waals surface area (Å²) in [5, 5.41) is 5.57. The number of aromatic nitrogens is 3. The predicted molar refractivity (Wildman–Crippen MR) is 79.4 cm³/mol. The highest BCUT2D eigenvalue weighted by Crippen LogP contribution is 2.27. The van der Waals surface area contributed by atoms with Crippen LogP contribution in [-0.4, -0.2) is 28.3 Å². The second kappa shape index (κ2) is 6.40. The number of hydrogen-bond acceptors (Lipinski definition) is 6. The van der Waals surface area contributed by atoms with Gasteiger partial charge in [0.15, 0.2) is 5.16 Å². The Morgan fingerprint density at radius 2 is 2.06 bits per heavy atom. The molecule has 0 aliphatic heterocycles. The number of nitrogens with one attached hydrogen (secondary N) is 1. The SMILES string of the molecule is CNc1cc(Sc2ccc(Br)cn2)nc(SC)n1. The quantitative estimate of drug-likeness (QED) is 0.521. The average molecular weight is 343 g/mol. The summed E-state index contributed by atoms with van der Waals surface area (Å²) in [6, 6.07) is 5.83. The van der Waals surface area contributed by atoms with Crippen LogP contribution >= 0.6 is 39.5 Å². The summed E-state index contributed by atoms with van der Waals surface area (Å²) in [6.07, 6.45) is 3.74. The molecule has 18 heavy (non-hydrogen) atoms. The van der Waals surface area contributed by atoms with Gasteiger partial charge in [-0.2, -0.15) is 0 Å². The van der Waals surface area contributed by atoms with E-state index in [1.54, 1.807) is 6.20 Å². The molecule has 0 unspecified atom stereocenters. The number of hydrogen-bond donors (Lipinski definition) is 1. The first-order chi connectivity index (χ1) is 8.71. The molecule has 0 aliphatic rings. The summed E-state index contributed by atoms with van der Waals surface area (Å²) in [7, 11) is 1.85. The van der Waals surface area contributed by atoms with Gasteiger partial charge in [-0.15, -0.1) is 0 Å². The monoisotopic (exact) mass is 342 g/mol. The number of pyridine rings is 1. The van der Waals surface area contributed by atoms with E-state index in [1.807, 2.05) is 31.5 Å². The molecule has 0 spiro atoms. The molecular formula is C11H11BrN4S2. The Kier molecular flexibility index (Phi) is 4.85. The highest BCUT2D eigenvalue weighted by molar-refractivity contribution is 9.10. The van der Waals surface area contributed by atoms with Gasteiger partial charge in [0.2, 0.25) is 0 Å². The summed E-state index contributed by atoms with van der Waals surface area (Å²) < 4.78 is 0.968. The molecule has 4 nitrogen and oxygen atoms in total. The van der Waals surface area contributed by atoms with E-state index < -0.39 is 0 Å². The number of nitrogens with zero attached hydrogens (tertiary/aromatic N) is 3. The van der Waals surface area contributed by atoms with Gasteiger partial charge in [0, 0.05) is 23.8 Å². The molecule has 0 fully saturated rings. The minimum absolute atomic E-state index is 0.751. The van der Waals surface area contributed by atoms with Gasteiger partial charge in [0.25, 0.3) is 0 Å². The van der Waals surface area contributed by atoms with Crippen molar-refractivity contribution in [2.24, 2.45) is 0 Å². The Morgan fingerprint density at radius 1 is 1.22 bits per heavy atom. The largest absolute Gasteiger partial charge is 0.373 e. The van der Waals surface area contributed by atoms with Crippen LogP contribution in [-0.2, 0) is 0 Å². The fourth-order valence-corrected chi connectivity index (χ4v) is 2.64. The van der Waals surface area contributed by atoms with Crippen molar-refractivity contribution < 1.29 is 0 Å². The Labute approximate surface area is 123 Å². The maximum atomic E-state index is 4.44. The third-order valence-electron chi connectivity index (χ3n) is 2.03. The standard InChI is InChI=1S/C11H11BrN4S2/c1-13-8-5-10(16-11(15-8)17-2)18-9-4-3-7(12)6-14-9/h3-6H,1-2H3,(H,13,15,16). The summed E-state index contributed by atoms with van der Waals surface area (Å²) in [4.78, 5) is 13.1. The third-order valence-corrected chi connectivity index (χ3v) is 3.92. The van der Waals surface area contributed by atoms with E-state index in [2.05, 4.69) is 36.2 Å². The summed E-state index contributed by atoms with van der Waals surface area (Å²) in [6.45, 7) is 0. The Morgan fingerprint density at radius 3 is 2.67 bits per heavy atom. The zero-order valence-electron chi connectivity index (χ0n) is 9.85. The second-order valence-electron chi connectivity index (χ2n) is 3.24. The summed E-state index contributed by atoms with van der Waals surface area (Å²) in [5.41, 5.74) is 0. The van der Waals surface area contributed by atoms with Crippen LogP contribution in [0.2, 0.25) is 0 Å². The van der Waals surface area contributed by atoms with Crippen molar-refractivity contribution in [3.8, 4) is 0 Å². The maximum Gasteiger partial charge on any atom is 0.190 e. The maximum absolute atomic E-state index is 4.44. The van der Waals surface area contributed by atoms with Crippen LogP contribution in [0.15, 0.2) is 44.1 Å². The first kappa shape index (κ1) is 13.6. The van der Waals surface area contributed by atoms with Crippen molar-refractivity contribution in [3.63, 3.8) is 0 Å². The van der Waals surface area contributed by atoms with Gasteiger partial charge in [-0.1, -0.05) is 11.8 Å². The molecule has 0 aliphatic carbocycles. The van der Waals surface area contributed by atoms with Crippen LogP contribution in [0.3, 0.4) is 0 Å². The van der Waals surface area contributed by atoms with E-state index in [0.717, 1.165) is 25.5 Å². The zero-order valence-corrected chi connectivity index (χ0v) is 13.1. The third kappa shape index (κ3) is 3.60. The summed E-state index contributed by atoms with van der Waals surface area (Å²) in [5.74, 6) is 0.814. The normalized spacial score (nSPS) is 10.4. The average Bonchev–Trinajstić information content (AvgIpc) is 2.41. The van der Waals surface area contributed by atoms with E-state index in [9.17, 15) is 0 Å². The smallest absolute Gasteiger partial charge is 0.190 e. The number of thioether (sulfide) groups is 1. The molecule has 0 bridgehead atoms. The molecule has 7 heteroatoms. The van der Waals surface area contributed by atoms with E-state index in [0.29, 0.717) is 0 Å². The highest BCUT2D eigenvalue weighted by atomic mass is 79.9. The molecule has 2 aromatic rings. The Bertz CT molecular complexity index is 511. The minimum atomic E-state index is 0.751. The molecule has 2 heterocycles. The van der Waals surface area contributed by atoms with E-state index in [-0.39, 0.29) is 0 Å². The molecule has 2 rings (SSSR count). The number of rotatable bonds is 4. The van der Waals surface area contributed by atoms with Gasteiger partial charge in [-0.25, -0.2) is 15.0 Å². The van der Waals surface area contributed by atoms with Crippen molar-refractivity contribution in [1.29, 1.82) is 0 Å². The first-order valence-electron chi connectivity index (χ1n) is 5.11. The topological polar surface area (TPSA) is 50.7 Å².